The summed E-state index contributed by atoms with van der Waals surface area (Å²) in [7, 11) is 0. The molecule has 1 amide bonds. The molecule has 1 aromatic rings. The standard InChI is InChI=1S/C11H15N3O2/c12-9-4-1-2-5-10(9)13-11(15)8-14-6-3-7-16-14/h1-2,4-5H,3,6-8,12H2,(H,13,15). The largest absolute Gasteiger partial charge is 0.397 e. The second-order valence-electron chi connectivity index (χ2n) is 3.69. The molecule has 3 N–H and O–H groups in total. The molecule has 0 atom stereocenters. The fraction of sp³-hybridized carbons (Fsp3) is 0.364. The predicted molar refractivity (Wildman–Crippen MR) is 61.6 cm³/mol. The van der Waals surface area contributed by atoms with Gasteiger partial charge in [-0.05, 0) is 18.6 Å². The number of anilines is 2. The van der Waals surface area contributed by atoms with Gasteiger partial charge in [-0.2, -0.15) is 5.06 Å². The lowest BCUT2D eigenvalue weighted by molar-refractivity contribution is -0.137. The molecule has 5 nitrogen and oxygen atoms in total. The smallest absolute Gasteiger partial charge is 0.241 e. The van der Waals surface area contributed by atoms with Gasteiger partial charge in [0, 0.05) is 6.54 Å². The molecule has 86 valence electrons. The highest BCUT2D eigenvalue weighted by Crippen LogP contribution is 2.16. The van der Waals surface area contributed by atoms with Crippen molar-refractivity contribution < 1.29 is 9.63 Å². The second-order valence-corrected chi connectivity index (χ2v) is 3.69. The van der Waals surface area contributed by atoms with Crippen LogP contribution in [0.4, 0.5) is 11.4 Å². The first kappa shape index (κ1) is 10.9. The number of nitrogens with zero attached hydrogens (tertiary/aromatic N) is 1. The van der Waals surface area contributed by atoms with Crippen LogP contribution in [0.25, 0.3) is 0 Å². The maximum Gasteiger partial charge on any atom is 0.241 e. The number of nitrogens with two attached hydrogens (primary N) is 1. The van der Waals surface area contributed by atoms with Gasteiger partial charge in [-0.15, -0.1) is 0 Å². The minimum Gasteiger partial charge on any atom is -0.397 e. The van der Waals surface area contributed by atoms with Crippen LogP contribution in [-0.4, -0.2) is 30.7 Å². The van der Waals surface area contributed by atoms with Crippen LogP contribution in [0.1, 0.15) is 6.42 Å². The van der Waals surface area contributed by atoms with E-state index in [1.807, 2.05) is 12.1 Å². The molecule has 0 bridgehead atoms. The summed E-state index contributed by atoms with van der Waals surface area (Å²) in [5.41, 5.74) is 6.93. The Morgan fingerprint density at radius 1 is 1.50 bits per heavy atom. The summed E-state index contributed by atoms with van der Waals surface area (Å²) in [5, 5.41) is 4.41. The van der Waals surface area contributed by atoms with Crippen molar-refractivity contribution in [1.82, 2.24) is 5.06 Å². The number of hydrogen-bond donors (Lipinski definition) is 2. The van der Waals surface area contributed by atoms with Crippen LogP contribution >= 0.6 is 0 Å². The van der Waals surface area contributed by atoms with Crippen LogP contribution in [0.3, 0.4) is 0 Å². The summed E-state index contributed by atoms with van der Waals surface area (Å²) in [6.45, 7) is 1.74. The molecule has 1 aliphatic heterocycles. The lowest BCUT2D eigenvalue weighted by Crippen LogP contribution is -2.30. The van der Waals surface area contributed by atoms with Crippen LogP contribution < -0.4 is 11.1 Å². The van der Waals surface area contributed by atoms with Crippen LogP contribution in [0.2, 0.25) is 0 Å². The fourth-order valence-electron chi connectivity index (χ4n) is 1.58. The SMILES string of the molecule is Nc1ccccc1NC(=O)CN1CCCO1. The molecule has 0 unspecified atom stereocenters. The molecule has 5 heteroatoms. The number of hydrogen-bond acceptors (Lipinski definition) is 4. The number of nitrogens with one attached hydrogen (secondary N) is 1. The summed E-state index contributed by atoms with van der Waals surface area (Å²) in [6, 6.07) is 7.19. The number of hydroxylamine groups is 2. The van der Waals surface area contributed by atoms with Crippen molar-refractivity contribution in [2.75, 3.05) is 30.7 Å². The second kappa shape index (κ2) is 4.96. The lowest BCUT2D eigenvalue weighted by atomic mass is 10.2. The summed E-state index contributed by atoms with van der Waals surface area (Å²) >= 11 is 0. The van der Waals surface area contributed by atoms with Crippen molar-refractivity contribution in [3.05, 3.63) is 24.3 Å². The zero-order valence-corrected chi connectivity index (χ0v) is 8.98. The number of carbonyl (C=O) groups excluding carboxylic acids is 1. The minimum absolute atomic E-state index is 0.111. The van der Waals surface area contributed by atoms with Crippen molar-refractivity contribution in [3.8, 4) is 0 Å². The number of para-hydroxylation sites is 2. The molecule has 16 heavy (non-hydrogen) atoms. The molecule has 1 saturated heterocycles. The zero-order valence-electron chi connectivity index (χ0n) is 8.98. The van der Waals surface area contributed by atoms with Gasteiger partial charge in [0.1, 0.15) is 6.54 Å². The Morgan fingerprint density at radius 3 is 3.00 bits per heavy atom. The van der Waals surface area contributed by atoms with Crippen LogP contribution in [-0.2, 0) is 9.63 Å². The van der Waals surface area contributed by atoms with Gasteiger partial charge in [0.05, 0.1) is 18.0 Å². The Labute approximate surface area is 94.1 Å². The topological polar surface area (TPSA) is 67.6 Å². The molecule has 0 aromatic heterocycles. The van der Waals surface area contributed by atoms with Crippen molar-refractivity contribution in [3.63, 3.8) is 0 Å². The third-order valence-corrected chi connectivity index (χ3v) is 2.38. The maximum atomic E-state index is 11.6. The molecule has 0 radical (unpaired) electrons. The lowest BCUT2D eigenvalue weighted by Gasteiger charge is -2.13. The van der Waals surface area contributed by atoms with Crippen molar-refractivity contribution in [2.45, 2.75) is 6.42 Å². The molecular formula is C11H15N3O2. The Kier molecular flexibility index (Phi) is 3.38. The number of carbonyl (C=O) groups is 1. The van der Waals surface area contributed by atoms with E-state index >= 15 is 0 Å². The normalized spacial score (nSPS) is 16.2. The van der Waals surface area contributed by atoms with E-state index in [2.05, 4.69) is 5.32 Å². The zero-order chi connectivity index (χ0) is 11.4. The minimum atomic E-state index is -0.111. The quantitative estimate of drug-likeness (QED) is 0.742. The first-order chi connectivity index (χ1) is 7.75. The molecule has 1 fully saturated rings. The maximum absolute atomic E-state index is 11.6. The molecule has 1 aromatic carbocycles. The number of amides is 1. The molecule has 1 aliphatic rings. The summed E-state index contributed by atoms with van der Waals surface area (Å²) < 4.78 is 0. The molecule has 0 aliphatic carbocycles. The van der Waals surface area contributed by atoms with Crippen molar-refractivity contribution in [1.29, 1.82) is 0 Å². The average molecular weight is 221 g/mol. The summed E-state index contributed by atoms with van der Waals surface area (Å²) in [4.78, 5) is 16.9. The van der Waals surface area contributed by atoms with Gasteiger partial charge in [-0.3, -0.25) is 9.63 Å². The Bertz CT molecular complexity index is 375. The van der Waals surface area contributed by atoms with Gasteiger partial charge in [0.2, 0.25) is 5.91 Å². The fourth-order valence-corrected chi connectivity index (χ4v) is 1.58. The van der Waals surface area contributed by atoms with Gasteiger partial charge < -0.3 is 11.1 Å². The molecule has 2 rings (SSSR count). The molecule has 1 heterocycles. The monoisotopic (exact) mass is 221 g/mol. The molecular weight excluding hydrogens is 206 g/mol. The van der Waals surface area contributed by atoms with E-state index in [1.54, 1.807) is 17.2 Å². The van der Waals surface area contributed by atoms with Crippen LogP contribution in [0, 0.1) is 0 Å². The van der Waals surface area contributed by atoms with E-state index in [0.717, 1.165) is 13.0 Å². The van der Waals surface area contributed by atoms with Gasteiger partial charge >= 0.3 is 0 Å². The molecule has 0 spiro atoms. The van der Waals surface area contributed by atoms with Crippen molar-refractivity contribution >= 4 is 17.3 Å². The van der Waals surface area contributed by atoms with Gasteiger partial charge in [0.15, 0.2) is 0 Å². The van der Waals surface area contributed by atoms with E-state index in [-0.39, 0.29) is 12.5 Å². The van der Waals surface area contributed by atoms with E-state index < -0.39 is 0 Å². The predicted octanol–water partition coefficient (Wildman–Crippen LogP) is 0.845. The highest BCUT2D eigenvalue weighted by molar-refractivity contribution is 5.94. The first-order valence-electron chi connectivity index (χ1n) is 5.28. The van der Waals surface area contributed by atoms with E-state index in [4.69, 9.17) is 10.6 Å². The Hall–Kier alpha value is -1.59. The van der Waals surface area contributed by atoms with Crippen molar-refractivity contribution in [2.24, 2.45) is 0 Å². The average Bonchev–Trinajstić information content (AvgIpc) is 2.74. The van der Waals surface area contributed by atoms with E-state index in [1.165, 1.54) is 0 Å². The first-order valence-corrected chi connectivity index (χ1v) is 5.28. The summed E-state index contributed by atoms with van der Waals surface area (Å²) in [6.07, 6.45) is 0.973. The highest BCUT2D eigenvalue weighted by atomic mass is 16.7. The number of nitrogen functional groups attached to an aromatic ring is 1. The van der Waals surface area contributed by atoms with Crippen LogP contribution in [0.5, 0.6) is 0 Å². The third-order valence-electron chi connectivity index (χ3n) is 2.38. The van der Waals surface area contributed by atoms with Gasteiger partial charge in [0.25, 0.3) is 0 Å². The Morgan fingerprint density at radius 2 is 2.31 bits per heavy atom. The van der Waals surface area contributed by atoms with Crippen LogP contribution in [0.15, 0.2) is 24.3 Å². The number of benzene rings is 1. The van der Waals surface area contributed by atoms with Gasteiger partial charge in [-0.1, -0.05) is 12.1 Å². The van der Waals surface area contributed by atoms with Gasteiger partial charge in [-0.25, -0.2) is 0 Å². The number of rotatable bonds is 3. The van der Waals surface area contributed by atoms with E-state index in [9.17, 15) is 4.79 Å². The summed E-state index contributed by atoms with van der Waals surface area (Å²) in [5.74, 6) is -0.111. The molecule has 0 saturated carbocycles. The highest BCUT2D eigenvalue weighted by Gasteiger charge is 2.16. The Balaban J connectivity index is 1.89. The van der Waals surface area contributed by atoms with E-state index in [0.29, 0.717) is 18.0 Å². The third kappa shape index (κ3) is 2.71.